The van der Waals surface area contributed by atoms with E-state index in [4.69, 9.17) is 0 Å². The van der Waals surface area contributed by atoms with Crippen molar-refractivity contribution >= 4 is 27.4 Å². The Morgan fingerprint density at radius 1 is 1.22 bits per heavy atom. The molecule has 0 fully saturated rings. The lowest BCUT2D eigenvalue weighted by molar-refractivity contribution is -0.117. The Balaban J connectivity index is 2.21. The lowest BCUT2D eigenvalue weighted by Crippen LogP contribution is -2.49. The van der Waals surface area contributed by atoms with E-state index in [1.54, 1.807) is 0 Å². The molecule has 0 radical (unpaired) electrons. The average Bonchev–Trinajstić information content (AvgIpc) is 2.47. The van der Waals surface area contributed by atoms with Crippen LogP contribution in [-0.2, 0) is 14.8 Å². The molecule has 6 nitrogen and oxygen atoms in total. The molecule has 1 N–H and O–H groups in total. The summed E-state index contributed by atoms with van der Waals surface area (Å²) in [4.78, 5) is 15.4. The number of carbonyl (C=O) groups excluding carboxylic acids is 1. The summed E-state index contributed by atoms with van der Waals surface area (Å²) in [7, 11) is -4.37. The normalized spacial score (nSPS) is 17.6. The number of sulfonamides is 1. The second-order valence-electron chi connectivity index (χ2n) is 4.95. The van der Waals surface area contributed by atoms with Gasteiger partial charge in [0.2, 0.25) is 5.91 Å². The number of aromatic nitrogens is 1. The minimum absolute atomic E-state index is 0.00994. The van der Waals surface area contributed by atoms with Crippen molar-refractivity contribution in [3.05, 3.63) is 48.2 Å². The predicted octanol–water partition coefficient (Wildman–Crippen LogP) is 1.90. The van der Waals surface area contributed by atoms with Gasteiger partial charge in [-0.15, -0.1) is 0 Å². The van der Waals surface area contributed by atoms with Gasteiger partial charge < -0.3 is 5.32 Å². The molecule has 1 aliphatic heterocycles. The van der Waals surface area contributed by atoms with Crippen molar-refractivity contribution in [3.63, 3.8) is 0 Å². The molecule has 0 bridgehead atoms. The number of nitrogens with zero attached hydrogens (tertiary/aromatic N) is 2. The zero-order chi connectivity index (χ0) is 16.8. The Bertz CT molecular complexity index is 882. The Kier molecular flexibility index (Phi) is 3.52. The first-order chi connectivity index (χ1) is 10.8. The van der Waals surface area contributed by atoms with E-state index in [0.717, 1.165) is 4.31 Å². The van der Waals surface area contributed by atoms with Gasteiger partial charge in [0.25, 0.3) is 10.0 Å². The average molecular weight is 339 g/mol. The van der Waals surface area contributed by atoms with Gasteiger partial charge in [-0.05, 0) is 31.2 Å². The van der Waals surface area contributed by atoms with E-state index >= 15 is 0 Å². The lowest BCUT2D eigenvalue weighted by Gasteiger charge is -2.33. The Morgan fingerprint density at radius 2 is 1.87 bits per heavy atom. The molecule has 23 heavy (non-hydrogen) atoms. The highest BCUT2D eigenvalue weighted by atomic mass is 32.2. The van der Waals surface area contributed by atoms with Gasteiger partial charge in [0, 0.05) is 12.3 Å². The number of benzene rings is 1. The molecule has 120 valence electrons. The van der Waals surface area contributed by atoms with E-state index in [-0.39, 0.29) is 11.5 Å². The van der Waals surface area contributed by atoms with E-state index < -0.39 is 38.5 Å². The maximum atomic E-state index is 13.4. The second kappa shape index (κ2) is 5.27. The Hall–Kier alpha value is -2.55. The number of pyridine rings is 1. The van der Waals surface area contributed by atoms with E-state index in [9.17, 15) is 22.0 Å². The van der Waals surface area contributed by atoms with Gasteiger partial charge in [-0.25, -0.2) is 26.5 Å². The van der Waals surface area contributed by atoms with Crippen molar-refractivity contribution in [1.82, 2.24) is 4.98 Å². The fourth-order valence-electron chi connectivity index (χ4n) is 2.31. The van der Waals surface area contributed by atoms with Crippen LogP contribution >= 0.6 is 0 Å². The summed E-state index contributed by atoms with van der Waals surface area (Å²) in [6.07, 6.45) is 1.36. The summed E-state index contributed by atoms with van der Waals surface area (Å²) in [5, 5.41) is 2.53. The maximum Gasteiger partial charge on any atom is 0.266 e. The zero-order valence-corrected chi connectivity index (χ0v) is 12.6. The summed E-state index contributed by atoms with van der Waals surface area (Å²) in [5.41, 5.74) is 0.205. The second-order valence-corrected chi connectivity index (χ2v) is 6.76. The third-order valence-electron chi connectivity index (χ3n) is 3.38. The minimum atomic E-state index is -4.37. The van der Waals surface area contributed by atoms with Crippen molar-refractivity contribution in [2.24, 2.45) is 0 Å². The maximum absolute atomic E-state index is 13.4. The molecule has 1 aromatic heterocycles. The highest BCUT2D eigenvalue weighted by molar-refractivity contribution is 7.93. The highest BCUT2D eigenvalue weighted by Gasteiger charge is 2.39. The molecule has 0 saturated heterocycles. The van der Waals surface area contributed by atoms with Gasteiger partial charge in [-0.1, -0.05) is 0 Å². The van der Waals surface area contributed by atoms with Crippen LogP contribution in [0.25, 0.3) is 0 Å². The molecule has 0 saturated carbocycles. The molecule has 2 heterocycles. The molecule has 1 atom stereocenters. The van der Waals surface area contributed by atoms with Crippen LogP contribution in [0.5, 0.6) is 0 Å². The SMILES string of the molecule is C[C@H]1C(=O)Nc2cccnc2N1S(=O)(=O)c1cc(F)cc(F)c1. The van der Waals surface area contributed by atoms with Crippen molar-refractivity contribution in [2.45, 2.75) is 17.9 Å². The van der Waals surface area contributed by atoms with Gasteiger partial charge in [0.05, 0.1) is 10.6 Å². The number of nitrogens with one attached hydrogen (secondary N) is 1. The quantitative estimate of drug-likeness (QED) is 0.906. The van der Waals surface area contributed by atoms with Crippen LogP contribution in [-0.4, -0.2) is 25.4 Å². The first-order valence-electron chi connectivity index (χ1n) is 6.57. The Morgan fingerprint density at radius 3 is 2.52 bits per heavy atom. The van der Waals surface area contributed by atoms with Crippen LogP contribution in [0.2, 0.25) is 0 Å². The molecule has 1 aliphatic rings. The fraction of sp³-hybridized carbons (Fsp3) is 0.143. The van der Waals surface area contributed by atoms with E-state index in [1.165, 1.54) is 25.3 Å². The summed E-state index contributed by atoms with van der Waals surface area (Å²) in [6.45, 7) is 1.36. The van der Waals surface area contributed by atoms with Crippen LogP contribution in [0.4, 0.5) is 20.3 Å². The molecular weight excluding hydrogens is 328 g/mol. The zero-order valence-electron chi connectivity index (χ0n) is 11.8. The molecule has 9 heteroatoms. The van der Waals surface area contributed by atoms with Gasteiger partial charge in [0.1, 0.15) is 17.7 Å². The van der Waals surface area contributed by atoms with Crippen LogP contribution < -0.4 is 9.62 Å². The van der Waals surface area contributed by atoms with Gasteiger partial charge in [-0.2, -0.15) is 0 Å². The summed E-state index contributed by atoms with van der Waals surface area (Å²) in [6, 6.07) is 3.86. The fourth-order valence-corrected chi connectivity index (χ4v) is 3.95. The molecule has 1 aromatic carbocycles. The summed E-state index contributed by atoms with van der Waals surface area (Å²) in [5.74, 6) is -2.63. The van der Waals surface area contributed by atoms with Crippen LogP contribution in [0.15, 0.2) is 41.4 Å². The van der Waals surface area contributed by atoms with Crippen molar-refractivity contribution < 1.29 is 22.0 Å². The van der Waals surface area contributed by atoms with Crippen molar-refractivity contribution in [2.75, 3.05) is 9.62 Å². The van der Waals surface area contributed by atoms with Crippen LogP contribution in [0, 0.1) is 11.6 Å². The van der Waals surface area contributed by atoms with E-state index in [1.807, 2.05) is 0 Å². The molecule has 2 aromatic rings. The summed E-state index contributed by atoms with van der Waals surface area (Å²) >= 11 is 0. The number of carbonyl (C=O) groups is 1. The number of anilines is 2. The first kappa shape index (κ1) is 15.3. The molecular formula is C14H11F2N3O3S. The van der Waals surface area contributed by atoms with Crippen LogP contribution in [0.1, 0.15) is 6.92 Å². The number of hydrogen-bond donors (Lipinski definition) is 1. The van der Waals surface area contributed by atoms with Crippen molar-refractivity contribution in [1.29, 1.82) is 0 Å². The number of amides is 1. The first-order valence-corrected chi connectivity index (χ1v) is 8.01. The number of rotatable bonds is 2. The third kappa shape index (κ3) is 2.52. The van der Waals surface area contributed by atoms with E-state index in [2.05, 4.69) is 10.3 Å². The topological polar surface area (TPSA) is 79.4 Å². The smallest absolute Gasteiger partial charge is 0.266 e. The van der Waals surface area contributed by atoms with E-state index in [0.29, 0.717) is 18.2 Å². The van der Waals surface area contributed by atoms with Crippen LogP contribution in [0.3, 0.4) is 0 Å². The monoisotopic (exact) mass is 339 g/mol. The number of hydrogen-bond acceptors (Lipinski definition) is 4. The predicted molar refractivity (Wildman–Crippen MR) is 78.4 cm³/mol. The Labute approximate surface area is 130 Å². The van der Waals surface area contributed by atoms with Crippen molar-refractivity contribution in [3.8, 4) is 0 Å². The minimum Gasteiger partial charge on any atom is -0.321 e. The number of fused-ring (bicyclic) bond motifs is 1. The largest absolute Gasteiger partial charge is 0.321 e. The van der Waals surface area contributed by atoms with Gasteiger partial charge >= 0.3 is 0 Å². The molecule has 0 aliphatic carbocycles. The van der Waals surface area contributed by atoms with Gasteiger partial charge in [-0.3, -0.25) is 4.79 Å². The standard InChI is InChI=1S/C14H11F2N3O3S/c1-8-14(20)18-12-3-2-4-17-13(12)19(8)23(21,22)11-6-9(15)5-10(16)7-11/h2-8H,1H3,(H,18,20)/t8-/m0/s1. The number of halogens is 2. The molecule has 0 spiro atoms. The van der Waals surface area contributed by atoms with Gasteiger partial charge in [0.15, 0.2) is 5.82 Å². The highest BCUT2D eigenvalue weighted by Crippen LogP contribution is 2.34. The third-order valence-corrected chi connectivity index (χ3v) is 5.22. The lowest BCUT2D eigenvalue weighted by atomic mass is 10.2. The summed E-state index contributed by atoms with van der Waals surface area (Å²) < 4.78 is 53.1. The molecule has 1 amide bonds. The molecule has 0 unspecified atom stereocenters. The molecule has 3 rings (SSSR count).